The van der Waals surface area contributed by atoms with E-state index in [0.717, 1.165) is 20.9 Å². The maximum Gasteiger partial charge on any atom is 0.416 e. The minimum absolute atomic E-state index is 0. The summed E-state index contributed by atoms with van der Waals surface area (Å²) in [6, 6.07) is 22.9. The van der Waals surface area contributed by atoms with Gasteiger partial charge in [0.25, 0.3) is 0 Å². The van der Waals surface area contributed by atoms with Gasteiger partial charge in [-0.3, -0.25) is 0 Å². The second-order valence-corrected chi connectivity index (χ2v) is 9.55. The largest absolute Gasteiger partial charge is 0.437 e. The molecule has 0 saturated carbocycles. The van der Waals surface area contributed by atoms with Gasteiger partial charge in [-0.05, 0) is 50.0 Å². The zero-order chi connectivity index (χ0) is 26.7. The molecule has 0 fully saturated rings. The van der Waals surface area contributed by atoms with Gasteiger partial charge in [-0.2, -0.15) is 31.4 Å². The first kappa shape index (κ1) is 27.1. The van der Waals surface area contributed by atoms with E-state index in [4.69, 9.17) is 4.74 Å². The summed E-state index contributed by atoms with van der Waals surface area (Å²) >= 11 is 1.44. The molecule has 0 aliphatic carbocycles. The van der Waals surface area contributed by atoms with Crippen molar-refractivity contribution in [1.29, 1.82) is 0 Å². The first-order valence-corrected chi connectivity index (χ1v) is 12.0. The van der Waals surface area contributed by atoms with E-state index in [1.165, 1.54) is 11.3 Å². The minimum Gasteiger partial charge on any atom is -0.437 e. The summed E-state index contributed by atoms with van der Waals surface area (Å²) in [5.74, 6) is -0.875. The molecule has 0 unspecified atom stereocenters. The fourth-order valence-electron chi connectivity index (χ4n) is 4.18. The topological polar surface area (TPSA) is 35.0 Å². The molecule has 11 heteroatoms. The van der Waals surface area contributed by atoms with Crippen molar-refractivity contribution in [2.75, 3.05) is 0 Å². The molecule has 0 aliphatic rings. The van der Waals surface area contributed by atoms with Crippen LogP contribution in [-0.2, 0) is 32.5 Å². The van der Waals surface area contributed by atoms with Gasteiger partial charge in [0.2, 0.25) is 5.88 Å². The van der Waals surface area contributed by atoms with E-state index in [1.807, 2.05) is 54.6 Å². The Morgan fingerprint density at radius 2 is 1.28 bits per heavy atom. The first-order valence-electron chi connectivity index (χ1n) is 11.1. The number of ether oxygens (including phenoxy) is 1. The molecule has 199 valence electrons. The molecule has 6 aromatic rings. The van der Waals surface area contributed by atoms with E-state index in [2.05, 4.69) is 16.3 Å². The van der Waals surface area contributed by atoms with Gasteiger partial charge in [-0.1, -0.05) is 42.5 Å². The van der Waals surface area contributed by atoms with Gasteiger partial charge in [0.05, 0.1) is 11.1 Å². The Morgan fingerprint density at radius 1 is 0.692 bits per heavy atom. The zero-order valence-electron chi connectivity index (χ0n) is 19.3. The number of benzene rings is 4. The van der Waals surface area contributed by atoms with Crippen molar-refractivity contribution in [3.8, 4) is 22.2 Å². The van der Waals surface area contributed by atoms with E-state index < -0.39 is 29.2 Å². The van der Waals surface area contributed by atoms with E-state index in [9.17, 15) is 26.3 Å². The molecule has 2 aromatic heterocycles. The Balaban J connectivity index is 0.00000308. The standard InChI is InChI=1S/C28H13F6N2OS.Ir/c29-27(30,31)18-12-19(28(32,33)34)14-20(13-18)37-26-22-10-16-6-2-1-5-15(16)9-21(22)25(35-36-26)24-11-17-7-3-4-8-23(17)38-24;/h1-10,12-14H;/q-1;. The molecular formula is C28H13F6IrN2OS-. The Morgan fingerprint density at radius 3 is 1.90 bits per heavy atom. The van der Waals surface area contributed by atoms with Crippen LogP contribution >= 0.6 is 11.3 Å². The van der Waals surface area contributed by atoms with Crippen LogP contribution in [0.2, 0.25) is 0 Å². The summed E-state index contributed by atoms with van der Waals surface area (Å²) in [5.41, 5.74) is -2.50. The predicted molar refractivity (Wildman–Crippen MR) is 133 cm³/mol. The van der Waals surface area contributed by atoms with Crippen molar-refractivity contribution in [2.45, 2.75) is 12.4 Å². The number of thiophene rings is 1. The number of fused-ring (bicyclic) bond motifs is 3. The molecule has 0 N–H and O–H groups in total. The third-order valence-electron chi connectivity index (χ3n) is 5.95. The molecule has 0 spiro atoms. The van der Waals surface area contributed by atoms with Crippen LogP contribution in [0, 0.1) is 6.07 Å². The summed E-state index contributed by atoms with van der Waals surface area (Å²) < 4.78 is 86.8. The average molecular weight is 732 g/mol. The molecular weight excluding hydrogens is 719 g/mol. The number of halogens is 6. The molecule has 0 amide bonds. The SMILES string of the molecule is FC(F)(F)c1cc(Oc2nnc(-c3[c-]c4ccccc4s3)c3cc4ccccc4cc23)cc(C(F)(F)F)c1.[Ir]. The van der Waals surface area contributed by atoms with Gasteiger partial charge in [-0.25, -0.2) is 11.3 Å². The number of aromatic nitrogens is 2. The summed E-state index contributed by atoms with van der Waals surface area (Å²) in [7, 11) is 0. The van der Waals surface area contributed by atoms with E-state index in [-0.39, 0.29) is 32.1 Å². The van der Waals surface area contributed by atoms with Gasteiger partial charge in [0.15, 0.2) is 0 Å². The first-order chi connectivity index (χ1) is 18.1. The van der Waals surface area contributed by atoms with Crippen LogP contribution in [-0.4, -0.2) is 10.2 Å². The maximum atomic E-state index is 13.4. The van der Waals surface area contributed by atoms with Crippen LogP contribution in [0.4, 0.5) is 26.3 Å². The number of nitrogens with zero attached hydrogens (tertiary/aromatic N) is 2. The molecule has 0 atom stereocenters. The average Bonchev–Trinajstić information content (AvgIpc) is 3.31. The molecule has 0 aliphatic heterocycles. The number of rotatable bonds is 3. The third kappa shape index (κ3) is 5.22. The maximum absolute atomic E-state index is 13.4. The Labute approximate surface area is 234 Å². The molecule has 0 saturated heterocycles. The summed E-state index contributed by atoms with van der Waals surface area (Å²) in [5, 5.41) is 11.8. The molecule has 39 heavy (non-hydrogen) atoms. The summed E-state index contributed by atoms with van der Waals surface area (Å²) in [6.07, 6.45) is -10.0. The van der Waals surface area contributed by atoms with Crippen molar-refractivity contribution in [2.24, 2.45) is 0 Å². The van der Waals surface area contributed by atoms with Crippen LogP contribution in [0.5, 0.6) is 11.6 Å². The number of hydrogen-bond acceptors (Lipinski definition) is 4. The van der Waals surface area contributed by atoms with Crippen LogP contribution in [0.25, 0.3) is 42.2 Å². The monoisotopic (exact) mass is 732 g/mol. The van der Waals surface area contributed by atoms with Gasteiger partial charge in [0, 0.05) is 31.2 Å². The van der Waals surface area contributed by atoms with Gasteiger partial charge >= 0.3 is 12.4 Å². The molecule has 6 rings (SSSR count). The normalized spacial score (nSPS) is 12.2. The molecule has 1 radical (unpaired) electrons. The minimum atomic E-state index is -5.01. The van der Waals surface area contributed by atoms with Gasteiger partial charge in [-0.15, -0.1) is 28.7 Å². The second-order valence-electron chi connectivity index (χ2n) is 8.49. The van der Waals surface area contributed by atoms with Crippen molar-refractivity contribution < 1.29 is 51.2 Å². The number of alkyl halides is 6. The van der Waals surface area contributed by atoms with E-state index in [0.29, 0.717) is 33.5 Å². The zero-order valence-corrected chi connectivity index (χ0v) is 22.5. The van der Waals surface area contributed by atoms with E-state index >= 15 is 0 Å². The number of hydrogen-bond donors (Lipinski definition) is 0. The Hall–Kier alpha value is -3.53. The fourth-order valence-corrected chi connectivity index (χ4v) is 5.18. The van der Waals surface area contributed by atoms with Crippen molar-refractivity contribution in [3.05, 3.63) is 96.1 Å². The van der Waals surface area contributed by atoms with Gasteiger partial charge < -0.3 is 4.74 Å². The van der Waals surface area contributed by atoms with Crippen LogP contribution in [0.3, 0.4) is 0 Å². The van der Waals surface area contributed by atoms with Crippen LogP contribution in [0.15, 0.2) is 78.9 Å². The van der Waals surface area contributed by atoms with Crippen LogP contribution in [0.1, 0.15) is 11.1 Å². The molecule has 0 bridgehead atoms. The molecule has 3 nitrogen and oxygen atoms in total. The van der Waals surface area contributed by atoms with Crippen molar-refractivity contribution in [1.82, 2.24) is 10.2 Å². The summed E-state index contributed by atoms with van der Waals surface area (Å²) in [4.78, 5) is 0.684. The fraction of sp³-hybridized carbons (Fsp3) is 0.0714. The van der Waals surface area contributed by atoms with Gasteiger partial charge in [0.1, 0.15) is 5.75 Å². The third-order valence-corrected chi connectivity index (χ3v) is 7.03. The Bertz CT molecular complexity index is 1780. The van der Waals surface area contributed by atoms with Crippen molar-refractivity contribution in [3.63, 3.8) is 0 Å². The van der Waals surface area contributed by atoms with E-state index in [1.54, 1.807) is 6.07 Å². The molecule has 4 aromatic carbocycles. The van der Waals surface area contributed by atoms with Crippen molar-refractivity contribution >= 4 is 43.0 Å². The van der Waals surface area contributed by atoms with Crippen LogP contribution < -0.4 is 4.74 Å². The smallest absolute Gasteiger partial charge is 0.416 e. The predicted octanol–water partition coefficient (Wildman–Crippen LogP) is 9.29. The summed E-state index contributed by atoms with van der Waals surface area (Å²) in [6.45, 7) is 0. The Kier molecular flexibility index (Phi) is 6.86. The quantitative estimate of drug-likeness (QED) is 0.103. The second kappa shape index (κ2) is 9.89. The molecule has 2 heterocycles.